The number of carbonyl (C=O) groups excluding carboxylic acids is 2. The zero-order chi connectivity index (χ0) is 14.8. The molecular weight excluding hydrogens is 266 g/mol. The highest BCUT2D eigenvalue weighted by molar-refractivity contribution is 6.41. The van der Waals surface area contributed by atoms with E-state index < -0.39 is 5.91 Å². The molecule has 0 radical (unpaired) electrons. The molecule has 1 aromatic rings. The predicted octanol–water partition coefficient (Wildman–Crippen LogP) is 0.922. The van der Waals surface area contributed by atoms with Gasteiger partial charge in [0.2, 0.25) is 0 Å². The lowest BCUT2D eigenvalue weighted by atomic mass is 10.0. The Hall–Kier alpha value is -1.88. The maximum Gasteiger partial charge on any atom is 0.316 e. The molecule has 5 nitrogen and oxygen atoms in total. The Morgan fingerprint density at radius 3 is 2.33 bits per heavy atom. The van der Waals surface area contributed by atoms with Crippen molar-refractivity contribution in [2.45, 2.75) is 25.8 Å². The van der Waals surface area contributed by atoms with Crippen molar-refractivity contribution < 1.29 is 9.59 Å². The normalized spacial score (nSPS) is 21.0. The van der Waals surface area contributed by atoms with Crippen molar-refractivity contribution in [1.29, 1.82) is 0 Å². The molecule has 2 aliphatic rings. The van der Waals surface area contributed by atoms with Crippen molar-refractivity contribution >= 4 is 17.5 Å². The molecule has 5 heteroatoms. The number of nitrogens with one attached hydrogen (secondary N) is 1. The summed E-state index contributed by atoms with van der Waals surface area (Å²) in [5.74, 6) is -0.752. The van der Waals surface area contributed by atoms with Crippen LogP contribution in [-0.2, 0) is 9.59 Å². The number of hydrogen-bond donors (Lipinski definition) is 1. The number of anilines is 1. The summed E-state index contributed by atoms with van der Waals surface area (Å²) >= 11 is 0. The summed E-state index contributed by atoms with van der Waals surface area (Å²) in [5, 5.41) is 3.29. The minimum atomic E-state index is -0.399. The number of aryl methyl sites for hydroxylation is 1. The van der Waals surface area contributed by atoms with Gasteiger partial charge in [-0.05, 0) is 45.0 Å². The minimum absolute atomic E-state index is 0.211. The predicted molar refractivity (Wildman–Crippen MR) is 81.1 cm³/mol. The molecule has 0 unspecified atom stereocenters. The van der Waals surface area contributed by atoms with Crippen LogP contribution in [-0.4, -0.2) is 48.9 Å². The summed E-state index contributed by atoms with van der Waals surface area (Å²) in [4.78, 5) is 28.1. The van der Waals surface area contributed by atoms with E-state index >= 15 is 0 Å². The number of carbonyl (C=O) groups is 2. The van der Waals surface area contributed by atoms with E-state index in [9.17, 15) is 9.59 Å². The topological polar surface area (TPSA) is 52.6 Å². The summed E-state index contributed by atoms with van der Waals surface area (Å²) in [6, 6.07) is 7.95. The standard InChI is InChI=1S/C16H21N3O2/c1-12-2-4-13(5-3-12)18-10-11-19(16(21)15(18)20)14-6-8-17-9-7-14/h2-5,14,17H,6-11H2,1H3. The fraction of sp³-hybridized carbons (Fsp3) is 0.500. The lowest BCUT2D eigenvalue weighted by molar-refractivity contribution is -0.148. The fourth-order valence-corrected chi connectivity index (χ4v) is 3.09. The average molecular weight is 287 g/mol. The first-order valence-corrected chi connectivity index (χ1v) is 7.56. The molecule has 2 saturated heterocycles. The highest BCUT2D eigenvalue weighted by atomic mass is 16.2. The Kier molecular flexibility index (Phi) is 3.92. The second-order valence-electron chi connectivity index (χ2n) is 5.77. The Morgan fingerprint density at radius 1 is 1.00 bits per heavy atom. The number of piperidine rings is 1. The maximum absolute atomic E-state index is 12.4. The average Bonchev–Trinajstić information content (AvgIpc) is 2.52. The molecule has 1 aromatic carbocycles. The van der Waals surface area contributed by atoms with Gasteiger partial charge in [0.1, 0.15) is 0 Å². The first kappa shape index (κ1) is 14.1. The van der Waals surface area contributed by atoms with Gasteiger partial charge in [0, 0.05) is 24.8 Å². The van der Waals surface area contributed by atoms with E-state index in [1.165, 1.54) is 0 Å². The molecule has 2 amide bonds. The zero-order valence-corrected chi connectivity index (χ0v) is 12.3. The van der Waals surface area contributed by atoms with E-state index in [0.29, 0.717) is 13.1 Å². The first-order valence-electron chi connectivity index (χ1n) is 7.56. The first-order chi connectivity index (χ1) is 10.2. The molecule has 0 atom stereocenters. The van der Waals surface area contributed by atoms with Crippen molar-refractivity contribution in [3.8, 4) is 0 Å². The van der Waals surface area contributed by atoms with Crippen molar-refractivity contribution in [2.24, 2.45) is 0 Å². The van der Waals surface area contributed by atoms with Crippen LogP contribution in [0.2, 0.25) is 0 Å². The zero-order valence-electron chi connectivity index (χ0n) is 12.3. The van der Waals surface area contributed by atoms with E-state index in [1.807, 2.05) is 31.2 Å². The Bertz CT molecular complexity index is 535. The quantitative estimate of drug-likeness (QED) is 0.823. The van der Waals surface area contributed by atoms with E-state index in [2.05, 4.69) is 5.32 Å². The smallest absolute Gasteiger partial charge is 0.316 e. The van der Waals surface area contributed by atoms with Crippen LogP contribution >= 0.6 is 0 Å². The van der Waals surface area contributed by atoms with Crippen LogP contribution in [0.15, 0.2) is 24.3 Å². The van der Waals surface area contributed by atoms with Gasteiger partial charge in [-0.1, -0.05) is 17.7 Å². The summed E-state index contributed by atoms with van der Waals surface area (Å²) in [6.07, 6.45) is 1.87. The second kappa shape index (κ2) is 5.85. The molecule has 1 N–H and O–H groups in total. The van der Waals surface area contributed by atoms with Crippen LogP contribution in [0.25, 0.3) is 0 Å². The van der Waals surface area contributed by atoms with E-state index in [-0.39, 0.29) is 11.9 Å². The van der Waals surface area contributed by atoms with Gasteiger partial charge >= 0.3 is 11.8 Å². The summed E-state index contributed by atoms with van der Waals surface area (Å²) < 4.78 is 0. The Morgan fingerprint density at radius 2 is 1.67 bits per heavy atom. The van der Waals surface area contributed by atoms with Gasteiger partial charge in [0.05, 0.1) is 0 Å². The number of rotatable bonds is 2. The summed E-state index contributed by atoms with van der Waals surface area (Å²) in [6.45, 7) is 5.06. The van der Waals surface area contributed by atoms with Gasteiger partial charge < -0.3 is 15.1 Å². The highest BCUT2D eigenvalue weighted by Gasteiger charge is 2.37. The molecule has 2 fully saturated rings. The van der Waals surface area contributed by atoms with Crippen LogP contribution < -0.4 is 10.2 Å². The van der Waals surface area contributed by atoms with Gasteiger partial charge in [-0.2, -0.15) is 0 Å². The lowest BCUT2D eigenvalue weighted by Gasteiger charge is -2.40. The number of hydrogen-bond acceptors (Lipinski definition) is 3. The fourth-order valence-electron chi connectivity index (χ4n) is 3.09. The SMILES string of the molecule is Cc1ccc(N2CCN(C3CCNCC3)C(=O)C2=O)cc1. The van der Waals surface area contributed by atoms with E-state index in [1.54, 1.807) is 9.80 Å². The van der Waals surface area contributed by atoms with Crippen LogP contribution in [0.1, 0.15) is 18.4 Å². The molecule has 0 saturated carbocycles. The number of amides is 2. The third-order valence-corrected chi connectivity index (χ3v) is 4.35. The van der Waals surface area contributed by atoms with Gasteiger partial charge in [0.25, 0.3) is 0 Å². The van der Waals surface area contributed by atoms with Crippen LogP contribution in [0.4, 0.5) is 5.69 Å². The van der Waals surface area contributed by atoms with Gasteiger partial charge in [0.15, 0.2) is 0 Å². The molecule has 112 valence electrons. The van der Waals surface area contributed by atoms with Gasteiger partial charge in [-0.25, -0.2) is 0 Å². The molecule has 0 bridgehead atoms. The van der Waals surface area contributed by atoms with Crippen molar-refractivity contribution in [1.82, 2.24) is 10.2 Å². The molecule has 3 rings (SSSR count). The second-order valence-corrected chi connectivity index (χ2v) is 5.77. The van der Waals surface area contributed by atoms with E-state index in [0.717, 1.165) is 37.2 Å². The van der Waals surface area contributed by atoms with Crippen LogP contribution in [0, 0.1) is 6.92 Å². The largest absolute Gasteiger partial charge is 0.330 e. The molecule has 2 heterocycles. The molecule has 0 aromatic heterocycles. The molecule has 21 heavy (non-hydrogen) atoms. The van der Waals surface area contributed by atoms with Crippen LogP contribution in [0.5, 0.6) is 0 Å². The van der Waals surface area contributed by atoms with Crippen LogP contribution in [0.3, 0.4) is 0 Å². The molecule has 2 aliphatic heterocycles. The van der Waals surface area contributed by atoms with Gasteiger partial charge in [-0.15, -0.1) is 0 Å². The van der Waals surface area contributed by atoms with Gasteiger partial charge in [-0.3, -0.25) is 9.59 Å². The number of piperazine rings is 1. The third-order valence-electron chi connectivity index (χ3n) is 4.35. The molecule has 0 spiro atoms. The molecule has 0 aliphatic carbocycles. The summed E-state index contributed by atoms with van der Waals surface area (Å²) in [7, 11) is 0. The number of nitrogens with zero attached hydrogens (tertiary/aromatic N) is 2. The third kappa shape index (κ3) is 2.78. The summed E-state index contributed by atoms with van der Waals surface area (Å²) in [5.41, 5.74) is 1.95. The Balaban J connectivity index is 1.73. The van der Waals surface area contributed by atoms with Crippen molar-refractivity contribution in [2.75, 3.05) is 31.1 Å². The van der Waals surface area contributed by atoms with Crippen molar-refractivity contribution in [3.63, 3.8) is 0 Å². The minimum Gasteiger partial charge on any atom is -0.330 e. The Labute approximate surface area is 124 Å². The number of benzene rings is 1. The highest BCUT2D eigenvalue weighted by Crippen LogP contribution is 2.21. The van der Waals surface area contributed by atoms with E-state index in [4.69, 9.17) is 0 Å². The van der Waals surface area contributed by atoms with Crippen molar-refractivity contribution in [3.05, 3.63) is 29.8 Å². The monoisotopic (exact) mass is 287 g/mol. The maximum atomic E-state index is 12.4. The lowest BCUT2D eigenvalue weighted by Crippen LogP contribution is -2.59. The molecular formula is C16H21N3O2.